The predicted octanol–water partition coefficient (Wildman–Crippen LogP) is 2.84. The van der Waals surface area contributed by atoms with Crippen molar-refractivity contribution in [2.75, 3.05) is 4.72 Å². The molecule has 122 valence electrons. The number of aryl methyl sites for hydroxylation is 1. The van der Waals surface area contributed by atoms with E-state index in [9.17, 15) is 18.3 Å². The summed E-state index contributed by atoms with van der Waals surface area (Å²) >= 11 is 0. The fourth-order valence-corrected chi connectivity index (χ4v) is 3.38. The average molecular weight is 334 g/mol. The summed E-state index contributed by atoms with van der Waals surface area (Å²) in [6.45, 7) is 3.69. The highest BCUT2D eigenvalue weighted by Crippen LogP contribution is 2.26. The Kier molecular flexibility index (Phi) is 5.00. The molecule has 1 heterocycles. The first-order chi connectivity index (χ1) is 10.9. The molecule has 0 aliphatic carbocycles. The minimum Gasteiger partial charge on any atom is -0.478 e. The highest BCUT2D eigenvalue weighted by molar-refractivity contribution is 7.92. The maximum atomic E-state index is 12.3. The van der Waals surface area contributed by atoms with Crippen molar-refractivity contribution in [3.05, 3.63) is 53.2 Å². The van der Waals surface area contributed by atoms with Gasteiger partial charge in [0.15, 0.2) is 5.03 Å². The summed E-state index contributed by atoms with van der Waals surface area (Å²) in [7, 11) is -3.94. The van der Waals surface area contributed by atoms with E-state index in [1.54, 1.807) is 25.1 Å². The second kappa shape index (κ2) is 6.78. The molecule has 0 fully saturated rings. The van der Waals surface area contributed by atoms with Crippen LogP contribution < -0.4 is 4.72 Å². The topological polar surface area (TPSA) is 96.4 Å². The number of sulfonamides is 1. The van der Waals surface area contributed by atoms with Gasteiger partial charge in [-0.2, -0.15) is 8.42 Å². The lowest BCUT2D eigenvalue weighted by Crippen LogP contribution is -2.17. The number of anilines is 1. The molecule has 0 aliphatic heterocycles. The van der Waals surface area contributed by atoms with Gasteiger partial charge in [-0.05, 0) is 42.7 Å². The van der Waals surface area contributed by atoms with Crippen LogP contribution in [0.15, 0.2) is 41.6 Å². The summed E-state index contributed by atoms with van der Waals surface area (Å²) in [5.74, 6) is -1.17. The second-order valence-corrected chi connectivity index (χ2v) is 6.73. The molecular weight excluding hydrogens is 316 g/mol. The average Bonchev–Trinajstić information content (AvgIpc) is 2.50. The predicted molar refractivity (Wildman–Crippen MR) is 87.2 cm³/mol. The third-order valence-electron chi connectivity index (χ3n) is 3.47. The summed E-state index contributed by atoms with van der Waals surface area (Å²) in [6.07, 6.45) is 2.97. The Balaban J connectivity index is 2.48. The second-order valence-electron chi connectivity index (χ2n) is 5.10. The highest BCUT2D eigenvalue weighted by atomic mass is 32.2. The summed E-state index contributed by atoms with van der Waals surface area (Å²) in [4.78, 5) is 15.4. The van der Waals surface area contributed by atoms with Gasteiger partial charge in [-0.1, -0.05) is 25.5 Å². The molecule has 2 rings (SSSR count). The van der Waals surface area contributed by atoms with Crippen LogP contribution >= 0.6 is 0 Å². The molecule has 0 spiro atoms. The first kappa shape index (κ1) is 17.0. The molecule has 0 radical (unpaired) electrons. The molecule has 23 heavy (non-hydrogen) atoms. The van der Waals surface area contributed by atoms with Crippen molar-refractivity contribution in [3.63, 3.8) is 0 Å². The van der Waals surface area contributed by atoms with E-state index in [0.29, 0.717) is 5.56 Å². The van der Waals surface area contributed by atoms with E-state index in [1.165, 1.54) is 18.3 Å². The number of aromatic nitrogens is 1. The van der Waals surface area contributed by atoms with Gasteiger partial charge in [0, 0.05) is 6.20 Å². The monoisotopic (exact) mass is 334 g/mol. The lowest BCUT2D eigenvalue weighted by atomic mass is 9.98. The van der Waals surface area contributed by atoms with Crippen molar-refractivity contribution < 1.29 is 18.3 Å². The van der Waals surface area contributed by atoms with Gasteiger partial charge >= 0.3 is 5.97 Å². The molecule has 0 saturated heterocycles. The Hall–Kier alpha value is -2.41. The fraction of sp³-hybridized carbons (Fsp3) is 0.250. The molecule has 1 aromatic heterocycles. The van der Waals surface area contributed by atoms with Crippen molar-refractivity contribution in [1.82, 2.24) is 4.98 Å². The van der Waals surface area contributed by atoms with E-state index in [4.69, 9.17) is 0 Å². The van der Waals surface area contributed by atoms with Crippen molar-refractivity contribution in [2.24, 2.45) is 0 Å². The van der Waals surface area contributed by atoms with E-state index < -0.39 is 16.0 Å². The minimum atomic E-state index is -3.94. The van der Waals surface area contributed by atoms with Gasteiger partial charge in [0.1, 0.15) is 0 Å². The smallest absolute Gasteiger partial charge is 0.338 e. The van der Waals surface area contributed by atoms with Crippen LogP contribution in [-0.2, 0) is 16.4 Å². The highest BCUT2D eigenvalue weighted by Gasteiger charge is 2.22. The van der Waals surface area contributed by atoms with Crippen LogP contribution in [0.5, 0.6) is 0 Å². The molecule has 0 saturated carbocycles. The summed E-state index contributed by atoms with van der Waals surface area (Å²) in [5.41, 5.74) is 1.47. The zero-order valence-corrected chi connectivity index (χ0v) is 13.7. The number of hydrogen-bond donors (Lipinski definition) is 2. The molecule has 6 nitrogen and oxygen atoms in total. The van der Waals surface area contributed by atoms with Gasteiger partial charge in [0.2, 0.25) is 0 Å². The Morgan fingerprint density at radius 3 is 2.57 bits per heavy atom. The van der Waals surface area contributed by atoms with Gasteiger partial charge in [-0.25, -0.2) is 9.78 Å². The van der Waals surface area contributed by atoms with Gasteiger partial charge in [0.25, 0.3) is 10.0 Å². The maximum absolute atomic E-state index is 12.3. The molecular formula is C16H18N2O4S. The van der Waals surface area contributed by atoms with Gasteiger partial charge in [-0.3, -0.25) is 4.72 Å². The number of pyridine rings is 1. The third kappa shape index (κ3) is 3.68. The SMILES string of the molecule is CCCc1ccc(NS(=O)(=O)c2ccccn2)c(C(=O)O)c1C. The number of nitrogens with one attached hydrogen (secondary N) is 1. The number of nitrogens with zero attached hydrogens (tertiary/aromatic N) is 1. The first-order valence-electron chi connectivity index (χ1n) is 7.16. The van der Waals surface area contributed by atoms with E-state index in [1.807, 2.05) is 6.92 Å². The first-order valence-corrected chi connectivity index (χ1v) is 8.64. The molecule has 0 unspecified atom stereocenters. The number of carboxylic acid groups (broad SMARTS) is 1. The molecule has 1 aromatic carbocycles. The number of carboxylic acids is 1. The summed E-state index contributed by atoms with van der Waals surface area (Å²) < 4.78 is 27.0. The Labute approximate surface area is 135 Å². The van der Waals surface area contributed by atoms with Gasteiger partial charge in [0.05, 0.1) is 11.3 Å². The summed E-state index contributed by atoms with van der Waals surface area (Å²) in [6, 6.07) is 7.74. The van der Waals surface area contributed by atoms with Crippen LogP contribution in [0, 0.1) is 6.92 Å². The Bertz CT molecular complexity index is 817. The summed E-state index contributed by atoms with van der Waals surface area (Å²) in [5, 5.41) is 9.30. The zero-order chi connectivity index (χ0) is 17.0. The van der Waals surface area contributed by atoms with Crippen LogP contribution in [-0.4, -0.2) is 24.5 Å². The van der Waals surface area contributed by atoms with Crippen molar-refractivity contribution in [2.45, 2.75) is 31.7 Å². The third-order valence-corrected chi connectivity index (χ3v) is 4.75. The molecule has 7 heteroatoms. The number of aromatic carboxylic acids is 1. The minimum absolute atomic E-state index is 0.0320. The molecule has 0 atom stereocenters. The van der Waals surface area contributed by atoms with Crippen molar-refractivity contribution in [1.29, 1.82) is 0 Å². The number of hydrogen-bond acceptors (Lipinski definition) is 4. The standard InChI is InChI=1S/C16H18N2O4S/c1-3-6-12-8-9-13(15(11(12)2)16(19)20)18-23(21,22)14-7-4-5-10-17-14/h4-5,7-10,18H,3,6H2,1-2H3,(H,19,20). The van der Waals surface area contributed by atoms with Crippen LogP contribution in [0.1, 0.15) is 34.8 Å². The van der Waals surface area contributed by atoms with Crippen LogP contribution in [0.2, 0.25) is 0 Å². The van der Waals surface area contributed by atoms with E-state index >= 15 is 0 Å². The van der Waals surface area contributed by atoms with Crippen LogP contribution in [0.3, 0.4) is 0 Å². The zero-order valence-electron chi connectivity index (χ0n) is 12.9. The normalized spacial score (nSPS) is 11.2. The molecule has 0 amide bonds. The molecule has 2 aromatic rings. The van der Waals surface area contributed by atoms with Gasteiger partial charge < -0.3 is 5.11 Å². The quantitative estimate of drug-likeness (QED) is 0.847. The van der Waals surface area contributed by atoms with E-state index in [2.05, 4.69) is 9.71 Å². The van der Waals surface area contributed by atoms with E-state index in [0.717, 1.165) is 18.4 Å². The number of carbonyl (C=O) groups is 1. The van der Waals surface area contributed by atoms with Crippen molar-refractivity contribution in [3.8, 4) is 0 Å². The van der Waals surface area contributed by atoms with Crippen LogP contribution in [0.25, 0.3) is 0 Å². The largest absolute Gasteiger partial charge is 0.478 e. The lowest BCUT2D eigenvalue weighted by Gasteiger charge is -2.14. The van der Waals surface area contributed by atoms with Crippen molar-refractivity contribution >= 4 is 21.7 Å². The van der Waals surface area contributed by atoms with Gasteiger partial charge in [-0.15, -0.1) is 0 Å². The Morgan fingerprint density at radius 1 is 1.26 bits per heavy atom. The number of rotatable bonds is 6. The fourth-order valence-electron chi connectivity index (χ4n) is 2.36. The molecule has 0 aliphatic rings. The Morgan fingerprint density at radius 2 is 2.00 bits per heavy atom. The number of benzene rings is 1. The molecule has 0 bridgehead atoms. The van der Waals surface area contributed by atoms with Crippen LogP contribution in [0.4, 0.5) is 5.69 Å². The lowest BCUT2D eigenvalue weighted by molar-refractivity contribution is 0.0697. The van der Waals surface area contributed by atoms with E-state index in [-0.39, 0.29) is 16.3 Å². The maximum Gasteiger partial charge on any atom is 0.338 e. The molecule has 2 N–H and O–H groups in total.